The third-order valence-corrected chi connectivity index (χ3v) is 1.74. The summed E-state index contributed by atoms with van der Waals surface area (Å²) in [6, 6.07) is 7.02. The molecule has 0 aliphatic rings. The highest BCUT2D eigenvalue weighted by molar-refractivity contribution is 6.10. The van der Waals surface area contributed by atoms with E-state index in [1.807, 2.05) is 0 Å². The van der Waals surface area contributed by atoms with Gasteiger partial charge in [0, 0.05) is 6.07 Å². The second kappa shape index (κ2) is 6.09. The Bertz CT molecular complexity index is 497. The third kappa shape index (κ3) is 3.47. The summed E-state index contributed by atoms with van der Waals surface area (Å²) in [5, 5.41) is 20.5. The number of anilines is 1. The summed E-state index contributed by atoms with van der Waals surface area (Å²) in [7, 11) is 0. The first-order valence-electron chi connectivity index (χ1n) is 4.77. The Balaban J connectivity index is 2.95. The number of nitrogens with zero attached hydrogens (tertiary/aromatic N) is 3. The largest absolute Gasteiger partial charge is 0.492 e. The smallest absolute Gasteiger partial charge is 0.237 e. The van der Waals surface area contributed by atoms with Crippen molar-refractivity contribution in [3.63, 3.8) is 0 Å². The number of hydrogen-bond acceptors (Lipinski definition) is 5. The van der Waals surface area contributed by atoms with Crippen LogP contribution >= 0.6 is 0 Å². The predicted molar refractivity (Wildman–Crippen MR) is 59.9 cm³/mol. The zero-order valence-electron chi connectivity index (χ0n) is 9.07. The molecule has 0 radical (unpaired) electrons. The number of benzene rings is 1. The van der Waals surface area contributed by atoms with E-state index in [4.69, 9.17) is 15.3 Å². The Morgan fingerprint density at radius 3 is 2.76 bits per heavy atom. The quantitative estimate of drug-likeness (QED) is 0.636. The minimum Gasteiger partial charge on any atom is -0.492 e. The number of hydrazone groups is 1. The minimum atomic E-state index is -0.441. The lowest BCUT2D eigenvalue weighted by molar-refractivity contribution is 0.340. The summed E-state index contributed by atoms with van der Waals surface area (Å²) in [6.45, 7) is 2.12. The molecule has 0 heterocycles. The molecule has 0 aliphatic carbocycles. The zero-order valence-corrected chi connectivity index (χ0v) is 9.07. The number of hydrogen-bond donors (Lipinski definition) is 1. The van der Waals surface area contributed by atoms with E-state index in [1.54, 1.807) is 19.1 Å². The van der Waals surface area contributed by atoms with E-state index in [9.17, 15) is 4.39 Å². The van der Waals surface area contributed by atoms with Crippen LogP contribution in [0.25, 0.3) is 0 Å². The van der Waals surface area contributed by atoms with Gasteiger partial charge in [-0.25, -0.2) is 4.39 Å². The molecule has 0 atom stereocenters. The Labute approximate surface area is 97.7 Å². The number of halogens is 1. The van der Waals surface area contributed by atoms with Crippen LogP contribution in [0, 0.1) is 28.5 Å². The molecule has 0 aliphatic heterocycles. The van der Waals surface area contributed by atoms with Crippen LogP contribution < -0.4 is 10.2 Å². The highest BCUT2D eigenvalue weighted by atomic mass is 19.1. The lowest BCUT2D eigenvalue weighted by atomic mass is 10.3. The molecule has 1 aromatic rings. The summed E-state index contributed by atoms with van der Waals surface area (Å²) >= 11 is 0. The van der Waals surface area contributed by atoms with Crippen molar-refractivity contribution < 1.29 is 9.13 Å². The maximum atomic E-state index is 13.0. The number of rotatable bonds is 4. The predicted octanol–water partition coefficient (Wildman–Crippen LogP) is 2.04. The zero-order chi connectivity index (χ0) is 12.7. The maximum Gasteiger partial charge on any atom is 0.237 e. The van der Waals surface area contributed by atoms with Gasteiger partial charge in [0.05, 0.1) is 12.3 Å². The second-order valence-electron chi connectivity index (χ2n) is 2.87. The first-order chi connectivity index (χ1) is 8.21. The Hall–Kier alpha value is -2.60. The molecule has 0 spiro atoms. The van der Waals surface area contributed by atoms with Crippen LogP contribution in [0.2, 0.25) is 0 Å². The number of nitrogens with one attached hydrogen (secondary N) is 1. The average molecular weight is 232 g/mol. The normalized spacial score (nSPS) is 8.71. The lowest BCUT2D eigenvalue weighted by Gasteiger charge is -2.08. The van der Waals surface area contributed by atoms with Gasteiger partial charge in [-0.1, -0.05) is 0 Å². The molecule has 0 saturated carbocycles. The Morgan fingerprint density at radius 1 is 1.47 bits per heavy atom. The van der Waals surface area contributed by atoms with Gasteiger partial charge in [0.15, 0.2) is 0 Å². The van der Waals surface area contributed by atoms with Crippen LogP contribution in [0.3, 0.4) is 0 Å². The Morgan fingerprint density at radius 2 is 2.18 bits per heavy atom. The molecule has 1 aromatic carbocycles. The lowest BCUT2D eigenvalue weighted by Crippen LogP contribution is -2.00. The van der Waals surface area contributed by atoms with Gasteiger partial charge in [-0.05, 0) is 19.1 Å². The van der Waals surface area contributed by atoms with Gasteiger partial charge in [0.1, 0.15) is 23.7 Å². The number of ether oxygens (including phenoxy) is 1. The second-order valence-corrected chi connectivity index (χ2v) is 2.87. The standard InChI is InChI=1S/C11H9FN4O/c1-2-17-11-5-8(12)3-4-10(11)16-15-9(6-13)7-14/h3-5,16H,2H2,1H3. The SMILES string of the molecule is CCOc1cc(F)ccc1NN=C(C#N)C#N. The molecule has 0 aromatic heterocycles. The molecule has 0 amide bonds. The molecule has 1 rings (SSSR count). The van der Waals surface area contributed by atoms with Gasteiger partial charge in [0.25, 0.3) is 0 Å². The van der Waals surface area contributed by atoms with Gasteiger partial charge in [-0.15, -0.1) is 0 Å². The van der Waals surface area contributed by atoms with E-state index in [2.05, 4.69) is 10.5 Å². The van der Waals surface area contributed by atoms with Crippen molar-refractivity contribution >= 4 is 11.4 Å². The van der Waals surface area contributed by atoms with Crippen LogP contribution in [-0.4, -0.2) is 12.3 Å². The van der Waals surface area contributed by atoms with E-state index in [0.717, 1.165) is 0 Å². The Kier molecular flexibility index (Phi) is 4.46. The minimum absolute atomic E-state index is 0.270. The molecule has 1 N–H and O–H groups in total. The summed E-state index contributed by atoms with van der Waals surface area (Å²) in [4.78, 5) is 0. The molecule has 0 fully saturated rings. The molecule has 86 valence electrons. The van der Waals surface area contributed by atoms with Crippen molar-refractivity contribution in [1.82, 2.24) is 0 Å². The van der Waals surface area contributed by atoms with E-state index < -0.39 is 5.82 Å². The van der Waals surface area contributed by atoms with Gasteiger partial charge >= 0.3 is 0 Å². The highest BCUT2D eigenvalue weighted by Gasteiger charge is 2.04. The van der Waals surface area contributed by atoms with Crippen LogP contribution in [0.5, 0.6) is 5.75 Å². The monoisotopic (exact) mass is 232 g/mol. The molecular formula is C11H9FN4O. The van der Waals surface area contributed by atoms with Gasteiger partial charge in [-0.3, -0.25) is 5.43 Å². The topological polar surface area (TPSA) is 81.2 Å². The number of nitriles is 2. The van der Waals surface area contributed by atoms with Crippen LogP contribution in [0.4, 0.5) is 10.1 Å². The first kappa shape index (κ1) is 12.5. The fourth-order valence-electron chi connectivity index (χ4n) is 1.05. The summed E-state index contributed by atoms with van der Waals surface area (Å²) < 4.78 is 18.1. The van der Waals surface area contributed by atoms with E-state index in [-0.39, 0.29) is 11.5 Å². The molecule has 5 nitrogen and oxygen atoms in total. The fraction of sp³-hybridized carbons (Fsp3) is 0.182. The van der Waals surface area contributed by atoms with Crippen LogP contribution in [0.15, 0.2) is 23.3 Å². The van der Waals surface area contributed by atoms with Gasteiger partial charge < -0.3 is 4.74 Å². The van der Waals surface area contributed by atoms with E-state index in [0.29, 0.717) is 12.3 Å². The van der Waals surface area contributed by atoms with E-state index >= 15 is 0 Å². The van der Waals surface area contributed by atoms with Crippen LogP contribution in [-0.2, 0) is 0 Å². The van der Waals surface area contributed by atoms with Crippen molar-refractivity contribution in [2.24, 2.45) is 5.10 Å². The van der Waals surface area contributed by atoms with Gasteiger partial charge in [0.2, 0.25) is 5.71 Å². The first-order valence-corrected chi connectivity index (χ1v) is 4.77. The van der Waals surface area contributed by atoms with E-state index in [1.165, 1.54) is 18.2 Å². The van der Waals surface area contributed by atoms with Crippen molar-refractivity contribution in [1.29, 1.82) is 10.5 Å². The summed E-state index contributed by atoms with van der Waals surface area (Å²) in [5.74, 6) is -0.171. The molecule has 6 heteroatoms. The maximum absolute atomic E-state index is 13.0. The van der Waals surface area contributed by atoms with Crippen LogP contribution in [0.1, 0.15) is 6.92 Å². The fourth-order valence-corrected chi connectivity index (χ4v) is 1.05. The van der Waals surface area contributed by atoms with Crippen molar-refractivity contribution in [2.45, 2.75) is 6.92 Å². The molecule has 17 heavy (non-hydrogen) atoms. The van der Waals surface area contributed by atoms with Crippen molar-refractivity contribution in [2.75, 3.05) is 12.0 Å². The molecule has 0 unspecified atom stereocenters. The van der Waals surface area contributed by atoms with Gasteiger partial charge in [-0.2, -0.15) is 15.6 Å². The van der Waals surface area contributed by atoms with Crippen molar-refractivity contribution in [3.8, 4) is 17.9 Å². The molecular weight excluding hydrogens is 223 g/mol. The third-order valence-electron chi connectivity index (χ3n) is 1.74. The molecule has 0 saturated heterocycles. The average Bonchev–Trinajstić information content (AvgIpc) is 2.33. The molecule has 0 bridgehead atoms. The summed E-state index contributed by atoms with van der Waals surface area (Å²) in [5.41, 5.74) is 2.54. The van der Waals surface area contributed by atoms with Crippen molar-refractivity contribution in [3.05, 3.63) is 24.0 Å². The highest BCUT2D eigenvalue weighted by Crippen LogP contribution is 2.25. The summed E-state index contributed by atoms with van der Waals surface area (Å²) in [6.07, 6.45) is 0.